The Bertz CT molecular complexity index is 2180. The summed E-state index contributed by atoms with van der Waals surface area (Å²) in [6.07, 6.45) is 4.43. The molecule has 1 aliphatic carbocycles. The van der Waals surface area contributed by atoms with Crippen LogP contribution in [-0.2, 0) is 27.5 Å². The highest BCUT2D eigenvalue weighted by Crippen LogP contribution is 2.44. The van der Waals surface area contributed by atoms with Gasteiger partial charge in [-0.15, -0.1) is 5.10 Å². The van der Waals surface area contributed by atoms with Crippen molar-refractivity contribution < 1.29 is 37.8 Å². The number of hydrogen-bond donors (Lipinski definition) is 1. The Labute approximate surface area is 289 Å². The summed E-state index contributed by atoms with van der Waals surface area (Å²) in [5.74, 6) is -3.25. The minimum Gasteiger partial charge on any atom is -0.492 e. The van der Waals surface area contributed by atoms with Gasteiger partial charge in [0.05, 0.1) is 36.4 Å². The largest absolute Gasteiger partial charge is 0.492 e. The molecule has 2 aromatic carbocycles. The fraction of sp³-hybridized carbons (Fsp3) is 0.382. The van der Waals surface area contributed by atoms with E-state index < -0.39 is 34.5 Å². The Morgan fingerprint density at radius 2 is 1.90 bits per heavy atom. The molecule has 4 aromatic rings. The molecule has 1 N–H and O–H groups in total. The van der Waals surface area contributed by atoms with E-state index in [1.807, 2.05) is 6.92 Å². The third-order valence-electron chi connectivity index (χ3n) is 9.28. The molecule has 4 heterocycles. The van der Waals surface area contributed by atoms with Gasteiger partial charge in [-0.1, -0.05) is 10.4 Å². The van der Waals surface area contributed by atoms with E-state index in [-0.39, 0.29) is 79.9 Å². The maximum Gasteiger partial charge on any atom is 0.341 e. The predicted octanol–water partition coefficient (Wildman–Crippen LogP) is 2.94. The second-order valence-corrected chi connectivity index (χ2v) is 12.7. The molecule has 1 atom stereocenters. The first-order valence-electron chi connectivity index (χ1n) is 16.4. The van der Waals surface area contributed by atoms with Crippen LogP contribution in [0.4, 0.5) is 20.2 Å². The predicted molar refractivity (Wildman–Crippen MR) is 179 cm³/mol. The molecule has 3 aliphatic rings. The highest BCUT2D eigenvalue weighted by molar-refractivity contribution is 6.54. The Morgan fingerprint density at radius 3 is 2.59 bits per heavy atom. The second-order valence-electron chi connectivity index (χ2n) is 12.7. The number of oxime groups is 1. The van der Waals surface area contributed by atoms with Crippen molar-refractivity contribution in [1.82, 2.24) is 24.5 Å². The van der Waals surface area contributed by atoms with Gasteiger partial charge in [0.1, 0.15) is 35.9 Å². The van der Waals surface area contributed by atoms with Crippen LogP contribution >= 0.6 is 0 Å². The van der Waals surface area contributed by atoms with Gasteiger partial charge >= 0.3 is 5.97 Å². The van der Waals surface area contributed by atoms with Crippen molar-refractivity contribution in [3.05, 3.63) is 75.3 Å². The Balaban J connectivity index is 1.07. The summed E-state index contributed by atoms with van der Waals surface area (Å²) in [4.78, 5) is 61.4. The van der Waals surface area contributed by atoms with Crippen LogP contribution in [0.15, 0.2) is 46.6 Å². The number of rotatable bonds is 10. The smallest absolute Gasteiger partial charge is 0.341 e. The van der Waals surface area contributed by atoms with Gasteiger partial charge in [0.2, 0.25) is 11.3 Å². The number of ether oxygens (including phenoxy) is 1. The van der Waals surface area contributed by atoms with Crippen molar-refractivity contribution in [3.8, 4) is 5.75 Å². The van der Waals surface area contributed by atoms with Crippen LogP contribution in [0.25, 0.3) is 10.9 Å². The van der Waals surface area contributed by atoms with E-state index in [1.54, 1.807) is 27.5 Å². The quantitative estimate of drug-likeness (QED) is 0.243. The van der Waals surface area contributed by atoms with E-state index in [9.17, 15) is 28.7 Å². The molecule has 51 heavy (non-hydrogen) atoms. The lowest BCUT2D eigenvalue weighted by Gasteiger charge is -2.41. The number of halogens is 2. The maximum atomic E-state index is 15.9. The lowest BCUT2D eigenvalue weighted by molar-refractivity contribution is -0.134. The summed E-state index contributed by atoms with van der Waals surface area (Å²) in [5, 5.41) is 21.7. The van der Waals surface area contributed by atoms with Crippen molar-refractivity contribution in [3.63, 3.8) is 0 Å². The molecule has 0 spiro atoms. The average molecular weight is 705 g/mol. The third kappa shape index (κ3) is 6.01. The van der Waals surface area contributed by atoms with Crippen LogP contribution in [0, 0.1) is 11.6 Å². The van der Waals surface area contributed by atoms with Crippen LogP contribution in [0.3, 0.4) is 0 Å². The number of benzene rings is 2. The number of pyridine rings is 1. The number of nitrogens with zero attached hydrogens (tertiary/aromatic N) is 8. The summed E-state index contributed by atoms with van der Waals surface area (Å²) < 4.78 is 38.7. The van der Waals surface area contributed by atoms with Crippen molar-refractivity contribution in [2.45, 2.75) is 51.9 Å². The number of hydrogen-bond acceptors (Lipinski definition) is 10. The SMILES string of the molecule is CCO/N=C1/C(=O)N(Cc2cn(CC(=O)N3CCN(c4c(F)cc5c(=O)c(C(=O)O)cn(C6CC6)c5c4OC)CC3C)nn2)c2ccc(F)cc21. The molecule has 1 saturated heterocycles. The maximum absolute atomic E-state index is 15.9. The van der Waals surface area contributed by atoms with Gasteiger partial charge in [0, 0.05) is 43.5 Å². The Hall–Kier alpha value is -5.87. The number of carbonyl (C=O) groups excluding carboxylic acids is 2. The molecule has 0 radical (unpaired) electrons. The number of carboxylic acid groups (broad SMARTS) is 1. The zero-order chi connectivity index (χ0) is 36.1. The van der Waals surface area contributed by atoms with Gasteiger partial charge in [0.25, 0.3) is 5.91 Å². The van der Waals surface area contributed by atoms with Crippen molar-refractivity contribution >= 4 is 45.8 Å². The molecule has 1 saturated carbocycles. The number of piperazine rings is 1. The summed E-state index contributed by atoms with van der Waals surface area (Å²) in [6, 6.07) is 4.61. The first-order valence-corrected chi connectivity index (χ1v) is 16.4. The highest BCUT2D eigenvalue weighted by atomic mass is 19.1. The van der Waals surface area contributed by atoms with Crippen LogP contribution < -0.4 is 20.0 Å². The standard InChI is InChI=1S/C34H34F2N8O7/c1-4-51-38-28-22-11-19(35)5-8-26(22)44(33(28)47)15-20-14-41(39-37-20)17-27(45)42-10-9-40(13-18(42)2)30-25(36)12-23-29(32(30)50-3)43(21-6-7-21)16-24(31(23)46)34(48)49/h5,8,11-12,14,16,18,21H,4,6-7,9-10,13,15,17H2,1-3H3,(H,48,49)/b38-28+. The molecular weight excluding hydrogens is 670 g/mol. The van der Waals surface area contributed by atoms with Crippen molar-refractivity contribution in [2.24, 2.45) is 5.16 Å². The van der Waals surface area contributed by atoms with Gasteiger partial charge < -0.3 is 33.9 Å². The van der Waals surface area contributed by atoms with Crippen LogP contribution in [0.2, 0.25) is 0 Å². The number of anilines is 2. The minimum absolute atomic E-state index is 0.00274. The van der Waals surface area contributed by atoms with Gasteiger partial charge in [-0.25, -0.2) is 18.3 Å². The molecule has 1 unspecified atom stereocenters. The van der Waals surface area contributed by atoms with Crippen LogP contribution in [0.1, 0.15) is 54.3 Å². The molecule has 2 fully saturated rings. The number of aromatic carboxylic acids is 1. The first kappa shape index (κ1) is 33.6. The summed E-state index contributed by atoms with van der Waals surface area (Å²) in [6.45, 7) is 4.37. The monoisotopic (exact) mass is 704 g/mol. The summed E-state index contributed by atoms with van der Waals surface area (Å²) in [7, 11) is 1.38. The number of amides is 2. The minimum atomic E-state index is -1.39. The molecule has 15 nitrogen and oxygen atoms in total. The summed E-state index contributed by atoms with van der Waals surface area (Å²) in [5.41, 5.74) is 0.365. The number of fused-ring (bicyclic) bond motifs is 2. The molecule has 2 amide bonds. The molecule has 7 rings (SSSR count). The van der Waals surface area contributed by atoms with Crippen molar-refractivity contribution in [2.75, 3.05) is 43.2 Å². The zero-order valence-electron chi connectivity index (χ0n) is 28.0. The second kappa shape index (κ2) is 13.1. The fourth-order valence-corrected chi connectivity index (χ4v) is 6.80. The Kier molecular flexibility index (Phi) is 8.64. The van der Waals surface area contributed by atoms with Gasteiger partial charge in [-0.2, -0.15) is 0 Å². The van der Waals surface area contributed by atoms with Crippen molar-refractivity contribution in [1.29, 1.82) is 0 Å². The molecule has 2 aromatic heterocycles. The van der Waals surface area contributed by atoms with E-state index in [2.05, 4.69) is 15.5 Å². The van der Waals surface area contributed by atoms with Crippen LogP contribution in [-0.4, -0.2) is 92.5 Å². The average Bonchev–Trinajstić information content (AvgIpc) is 3.80. The molecule has 2 aliphatic heterocycles. The number of methoxy groups -OCH3 is 1. The van der Waals surface area contributed by atoms with E-state index in [1.165, 1.54) is 41.1 Å². The van der Waals surface area contributed by atoms with Crippen LogP contribution in [0.5, 0.6) is 5.75 Å². The van der Waals surface area contributed by atoms with Gasteiger partial charge in [0.15, 0.2) is 17.3 Å². The van der Waals surface area contributed by atoms with E-state index in [0.29, 0.717) is 22.5 Å². The van der Waals surface area contributed by atoms with Gasteiger partial charge in [-0.05, 0) is 51.0 Å². The zero-order valence-corrected chi connectivity index (χ0v) is 28.0. The lowest BCUT2D eigenvalue weighted by Crippen LogP contribution is -2.55. The topological polar surface area (TPSA) is 165 Å². The number of carboxylic acids is 1. The fourth-order valence-electron chi connectivity index (χ4n) is 6.80. The van der Waals surface area contributed by atoms with Gasteiger partial charge in [-0.3, -0.25) is 14.4 Å². The number of carbonyl (C=O) groups is 3. The molecule has 0 bridgehead atoms. The third-order valence-corrected chi connectivity index (χ3v) is 9.28. The molecule has 266 valence electrons. The van der Waals surface area contributed by atoms with E-state index in [0.717, 1.165) is 18.9 Å². The molecular formula is C34H34F2N8O7. The first-order chi connectivity index (χ1) is 24.5. The highest BCUT2D eigenvalue weighted by Gasteiger charge is 2.37. The Morgan fingerprint density at radius 1 is 1.12 bits per heavy atom. The van der Waals surface area contributed by atoms with E-state index >= 15 is 4.39 Å². The normalized spacial score (nSPS) is 18.1. The molecule has 17 heteroatoms. The number of aromatic nitrogens is 4. The lowest BCUT2D eigenvalue weighted by atomic mass is 10.1. The van der Waals surface area contributed by atoms with E-state index in [4.69, 9.17) is 9.57 Å². The summed E-state index contributed by atoms with van der Waals surface area (Å²) >= 11 is 0.